The van der Waals surface area contributed by atoms with Crippen LogP contribution in [0.4, 0.5) is 4.79 Å². The van der Waals surface area contributed by atoms with Crippen LogP contribution in [0, 0.1) is 0 Å². The van der Waals surface area contributed by atoms with E-state index >= 15 is 0 Å². The fraction of sp³-hybridized carbons (Fsp3) is 0.688. The predicted molar refractivity (Wildman–Crippen MR) is 112 cm³/mol. The summed E-state index contributed by atoms with van der Waals surface area (Å²) in [6, 6.07) is 0. The van der Waals surface area contributed by atoms with Crippen molar-refractivity contribution in [2.75, 3.05) is 46.4 Å². The molecular formula is C16H28IN5O2S. The quantitative estimate of drug-likeness (QED) is 0.397. The number of amides is 1. The van der Waals surface area contributed by atoms with Gasteiger partial charge in [-0.05, 0) is 13.3 Å². The van der Waals surface area contributed by atoms with Crippen LogP contribution in [0.1, 0.15) is 24.5 Å². The van der Waals surface area contributed by atoms with Gasteiger partial charge in [0.25, 0.3) is 0 Å². The van der Waals surface area contributed by atoms with E-state index in [0.717, 1.165) is 44.1 Å². The number of halogens is 1. The fourth-order valence-corrected chi connectivity index (χ4v) is 3.36. The van der Waals surface area contributed by atoms with Gasteiger partial charge < -0.3 is 19.9 Å². The Labute approximate surface area is 170 Å². The van der Waals surface area contributed by atoms with E-state index in [-0.39, 0.29) is 30.1 Å². The third-order valence-corrected chi connectivity index (χ3v) is 4.92. The molecule has 0 radical (unpaired) electrons. The van der Waals surface area contributed by atoms with Gasteiger partial charge in [-0.15, -0.1) is 35.3 Å². The maximum absolute atomic E-state index is 11.7. The molecule has 1 aliphatic rings. The number of carbonyl (C=O) groups is 1. The Morgan fingerprint density at radius 3 is 2.56 bits per heavy atom. The summed E-state index contributed by atoms with van der Waals surface area (Å²) in [6.07, 6.45) is 1.65. The molecule has 142 valence electrons. The third kappa shape index (κ3) is 6.61. The summed E-state index contributed by atoms with van der Waals surface area (Å²) in [5.74, 6) is 0.879. The Morgan fingerprint density at radius 2 is 2.00 bits per heavy atom. The molecule has 2 rings (SSSR count). The third-order valence-electron chi connectivity index (χ3n) is 3.88. The molecule has 1 N–H and O–H groups in total. The second-order valence-corrected chi connectivity index (χ2v) is 6.43. The number of ether oxygens (including phenoxy) is 1. The van der Waals surface area contributed by atoms with Crippen LogP contribution in [-0.2, 0) is 17.6 Å². The highest BCUT2D eigenvalue weighted by molar-refractivity contribution is 14.0. The summed E-state index contributed by atoms with van der Waals surface area (Å²) in [7, 11) is 1.79. The van der Waals surface area contributed by atoms with E-state index in [1.54, 1.807) is 23.3 Å². The largest absolute Gasteiger partial charge is 0.450 e. The van der Waals surface area contributed by atoms with E-state index in [2.05, 4.69) is 32.5 Å². The van der Waals surface area contributed by atoms with Crippen LogP contribution in [0.5, 0.6) is 0 Å². The van der Waals surface area contributed by atoms with Gasteiger partial charge in [-0.2, -0.15) is 0 Å². The smallest absolute Gasteiger partial charge is 0.409 e. The Bertz CT molecular complexity index is 558. The topological polar surface area (TPSA) is 70.1 Å². The first-order chi connectivity index (χ1) is 11.7. The van der Waals surface area contributed by atoms with Crippen molar-refractivity contribution in [3.8, 4) is 0 Å². The summed E-state index contributed by atoms with van der Waals surface area (Å²) < 4.78 is 5.05. The predicted octanol–water partition coefficient (Wildman–Crippen LogP) is 2.22. The molecule has 0 atom stereocenters. The molecule has 0 bridgehead atoms. The van der Waals surface area contributed by atoms with Crippen molar-refractivity contribution in [2.45, 2.75) is 26.7 Å². The number of aryl methyl sites for hydroxylation is 1. The number of hydrogen-bond acceptors (Lipinski definition) is 5. The summed E-state index contributed by atoms with van der Waals surface area (Å²) in [5, 5.41) is 6.70. The molecule has 1 aromatic rings. The second-order valence-electron chi connectivity index (χ2n) is 5.48. The van der Waals surface area contributed by atoms with Gasteiger partial charge in [0.15, 0.2) is 5.96 Å². The van der Waals surface area contributed by atoms with E-state index in [9.17, 15) is 4.79 Å². The van der Waals surface area contributed by atoms with Gasteiger partial charge in [0, 0.05) is 51.6 Å². The molecule has 1 fully saturated rings. The molecule has 1 amide bonds. The van der Waals surface area contributed by atoms with E-state index < -0.39 is 0 Å². The molecule has 1 saturated heterocycles. The average Bonchev–Trinajstić information content (AvgIpc) is 3.07. The number of carbonyl (C=O) groups excluding carboxylic acids is 1. The van der Waals surface area contributed by atoms with Crippen LogP contribution in [0.2, 0.25) is 0 Å². The van der Waals surface area contributed by atoms with Crippen LogP contribution >= 0.6 is 35.3 Å². The molecule has 2 heterocycles. The molecule has 0 aromatic carbocycles. The van der Waals surface area contributed by atoms with Gasteiger partial charge in [0.2, 0.25) is 0 Å². The van der Waals surface area contributed by atoms with Crippen LogP contribution in [0.15, 0.2) is 10.4 Å². The fourth-order valence-electron chi connectivity index (χ4n) is 2.58. The number of nitrogens with zero attached hydrogens (tertiary/aromatic N) is 4. The first kappa shape index (κ1) is 21.9. The lowest BCUT2D eigenvalue weighted by molar-refractivity contribution is 0.0915. The molecule has 0 saturated carbocycles. The van der Waals surface area contributed by atoms with Gasteiger partial charge >= 0.3 is 6.09 Å². The molecule has 1 aliphatic heterocycles. The minimum absolute atomic E-state index is 0. The van der Waals surface area contributed by atoms with E-state index in [1.165, 1.54) is 5.01 Å². The number of rotatable bonds is 5. The highest BCUT2D eigenvalue weighted by Crippen LogP contribution is 2.10. The van der Waals surface area contributed by atoms with E-state index in [0.29, 0.717) is 19.7 Å². The van der Waals surface area contributed by atoms with Crippen molar-refractivity contribution in [1.29, 1.82) is 0 Å². The Morgan fingerprint density at radius 1 is 1.32 bits per heavy atom. The number of nitrogens with one attached hydrogen (secondary N) is 1. The zero-order valence-corrected chi connectivity index (χ0v) is 18.3. The maximum Gasteiger partial charge on any atom is 0.409 e. The Kier molecular flexibility index (Phi) is 10.1. The van der Waals surface area contributed by atoms with Gasteiger partial charge in [-0.25, -0.2) is 9.78 Å². The highest BCUT2D eigenvalue weighted by Gasteiger charge is 2.23. The number of piperazine rings is 1. The summed E-state index contributed by atoms with van der Waals surface area (Å²) in [4.78, 5) is 24.6. The SMILES string of the molecule is CCOC(=O)N1CCN(C(=NC)NCCc2csc(CC)n2)CC1.I. The first-order valence-electron chi connectivity index (χ1n) is 8.48. The normalized spacial score (nSPS) is 14.9. The summed E-state index contributed by atoms with van der Waals surface area (Å²) in [6.45, 7) is 8.00. The molecule has 7 nitrogen and oxygen atoms in total. The molecule has 25 heavy (non-hydrogen) atoms. The molecule has 0 unspecified atom stereocenters. The summed E-state index contributed by atoms with van der Waals surface area (Å²) >= 11 is 1.72. The van der Waals surface area contributed by atoms with Gasteiger partial charge in [-0.3, -0.25) is 4.99 Å². The monoisotopic (exact) mass is 481 g/mol. The van der Waals surface area contributed by atoms with E-state index in [4.69, 9.17) is 4.74 Å². The molecule has 0 spiro atoms. The minimum atomic E-state index is -0.227. The lowest BCUT2D eigenvalue weighted by Crippen LogP contribution is -2.54. The van der Waals surface area contributed by atoms with Crippen molar-refractivity contribution in [1.82, 2.24) is 20.1 Å². The van der Waals surface area contributed by atoms with Gasteiger partial charge in [0.05, 0.1) is 17.3 Å². The molecule has 1 aromatic heterocycles. The lowest BCUT2D eigenvalue weighted by Gasteiger charge is -2.35. The second kappa shape index (κ2) is 11.5. The number of hydrogen-bond donors (Lipinski definition) is 1. The van der Waals surface area contributed by atoms with Crippen LogP contribution in [0.3, 0.4) is 0 Å². The number of guanidine groups is 1. The summed E-state index contributed by atoms with van der Waals surface area (Å²) in [5.41, 5.74) is 1.13. The van der Waals surface area contributed by atoms with Gasteiger partial charge in [0.1, 0.15) is 0 Å². The zero-order chi connectivity index (χ0) is 17.4. The molecular weight excluding hydrogens is 453 g/mol. The first-order valence-corrected chi connectivity index (χ1v) is 9.36. The van der Waals surface area contributed by atoms with Crippen LogP contribution in [-0.4, -0.2) is 73.2 Å². The molecule has 0 aliphatic carbocycles. The van der Waals surface area contributed by atoms with Crippen LogP contribution < -0.4 is 5.32 Å². The van der Waals surface area contributed by atoms with Crippen molar-refractivity contribution >= 4 is 47.4 Å². The van der Waals surface area contributed by atoms with Crippen molar-refractivity contribution in [2.24, 2.45) is 4.99 Å². The van der Waals surface area contributed by atoms with Gasteiger partial charge in [-0.1, -0.05) is 6.92 Å². The van der Waals surface area contributed by atoms with Crippen molar-refractivity contribution in [3.05, 3.63) is 16.1 Å². The Balaban J connectivity index is 0.00000312. The highest BCUT2D eigenvalue weighted by atomic mass is 127. The van der Waals surface area contributed by atoms with Crippen LogP contribution in [0.25, 0.3) is 0 Å². The van der Waals surface area contributed by atoms with Crippen molar-refractivity contribution in [3.63, 3.8) is 0 Å². The zero-order valence-electron chi connectivity index (χ0n) is 15.2. The Hall–Kier alpha value is -1.10. The standard InChI is InChI=1S/C16H27N5O2S.HI/c1-4-14-19-13(12-24-14)6-7-18-15(17-3)20-8-10-21(11-9-20)16(22)23-5-2;/h12H,4-11H2,1-3H3,(H,17,18);1H. The molecule has 9 heteroatoms. The number of aromatic nitrogens is 1. The number of thiazole rings is 1. The van der Waals surface area contributed by atoms with Crippen molar-refractivity contribution < 1.29 is 9.53 Å². The minimum Gasteiger partial charge on any atom is -0.450 e. The lowest BCUT2D eigenvalue weighted by atomic mass is 10.3. The van der Waals surface area contributed by atoms with E-state index in [1.807, 2.05) is 6.92 Å². The average molecular weight is 481 g/mol. The number of aliphatic imine (C=N–C) groups is 1. The maximum atomic E-state index is 11.7.